The first-order valence-electron chi connectivity index (χ1n) is 6.65. The molecule has 0 radical (unpaired) electrons. The van der Waals surface area contributed by atoms with Crippen LogP contribution in [0.4, 0.5) is 5.95 Å². The number of hydrogen-bond acceptors (Lipinski definition) is 7. The standard InChI is InChI=1S/C14H16N4OS2/c1-8-6-10-12(17-14(15-3)18-13(10)21-8)19-5-4-11-9(2)16-7-20-11/h6-7H,4-5H2,1-3H3,(H,15,17,18). The van der Waals surface area contributed by atoms with Gasteiger partial charge in [0.25, 0.3) is 0 Å². The van der Waals surface area contributed by atoms with Crippen LogP contribution >= 0.6 is 22.7 Å². The fourth-order valence-electron chi connectivity index (χ4n) is 2.04. The third-order valence-corrected chi connectivity index (χ3v) is 5.06. The summed E-state index contributed by atoms with van der Waals surface area (Å²) >= 11 is 3.32. The average Bonchev–Trinajstić information content (AvgIpc) is 3.04. The van der Waals surface area contributed by atoms with Crippen molar-refractivity contribution in [3.8, 4) is 5.88 Å². The quantitative estimate of drug-likeness (QED) is 0.780. The number of hydrogen-bond donors (Lipinski definition) is 1. The highest BCUT2D eigenvalue weighted by Crippen LogP contribution is 2.31. The molecule has 1 N–H and O–H groups in total. The van der Waals surface area contributed by atoms with Crippen molar-refractivity contribution in [1.29, 1.82) is 0 Å². The fourth-order valence-corrected chi connectivity index (χ4v) is 3.68. The van der Waals surface area contributed by atoms with E-state index < -0.39 is 0 Å². The molecule has 0 aliphatic rings. The predicted molar refractivity (Wildman–Crippen MR) is 87.7 cm³/mol. The van der Waals surface area contributed by atoms with Crippen molar-refractivity contribution >= 4 is 38.8 Å². The number of thiophene rings is 1. The number of anilines is 1. The Morgan fingerprint density at radius 1 is 1.29 bits per heavy atom. The second-order valence-corrected chi connectivity index (χ2v) is 6.81. The van der Waals surface area contributed by atoms with Gasteiger partial charge in [-0.2, -0.15) is 4.98 Å². The van der Waals surface area contributed by atoms with Crippen LogP contribution in [-0.4, -0.2) is 28.6 Å². The van der Waals surface area contributed by atoms with Gasteiger partial charge in [0, 0.05) is 23.2 Å². The number of thiazole rings is 1. The number of fused-ring (bicyclic) bond motifs is 1. The molecule has 21 heavy (non-hydrogen) atoms. The highest BCUT2D eigenvalue weighted by atomic mass is 32.1. The van der Waals surface area contributed by atoms with E-state index in [1.807, 2.05) is 19.5 Å². The molecule has 0 aromatic carbocycles. The zero-order valence-corrected chi connectivity index (χ0v) is 13.8. The molecule has 0 saturated carbocycles. The molecule has 0 spiro atoms. The SMILES string of the molecule is CNc1nc(OCCc2scnc2C)c2cc(C)sc2n1. The Kier molecular flexibility index (Phi) is 4.03. The number of ether oxygens (including phenoxy) is 1. The molecule has 3 aromatic heterocycles. The Morgan fingerprint density at radius 3 is 2.86 bits per heavy atom. The highest BCUT2D eigenvalue weighted by Gasteiger charge is 2.11. The van der Waals surface area contributed by atoms with Crippen molar-refractivity contribution in [2.24, 2.45) is 0 Å². The van der Waals surface area contributed by atoms with Crippen LogP contribution in [-0.2, 0) is 6.42 Å². The molecule has 0 saturated heterocycles. The van der Waals surface area contributed by atoms with Gasteiger partial charge in [-0.25, -0.2) is 9.97 Å². The van der Waals surface area contributed by atoms with E-state index >= 15 is 0 Å². The second-order valence-electron chi connectivity index (χ2n) is 4.64. The molecule has 0 atom stereocenters. The van der Waals surface area contributed by atoms with E-state index in [0.29, 0.717) is 18.4 Å². The van der Waals surface area contributed by atoms with Gasteiger partial charge in [-0.3, -0.25) is 0 Å². The molecule has 7 heteroatoms. The number of aryl methyl sites for hydroxylation is 2. The maximum absolute atomic E-state index is 5.90. The summed E-state index contributed by atoms with van der Waals surface area (Å²) < 4.78 is 5.90. The zero-order chi connectivity index (χ0) is 14.8. The van der Waals surface area contributed by atoms with E-state index in [9.17, 15) is 0 Å². The normalized spacial score (nSPS) is 11.0. The molecule has 3 heterocycles. The minimum Gasteiger partial charge on any atom is -0.477 e. The Bertz CT molecular complexity index is 766. The summed E-state index contributed by atoms with van der Waals surface area (Å²) in [6, 6.07) is 2.08. The van der Waals surface area contributed by atoms with Crippen molar-refractivity contribution in [3.05, 3.63) is 27.0 Å². The maximum Gasteiger partial charge on any atom is 0.227 e. The topological polar surface area (TPSA) is 59.9 Å². The zero-order valence-electron chi connectivity index (χ0n) is 12.1. The first-order chi connectivity index (χ1) is 10.2. The van der Waals surface area contributed by atoms with Crippen molar-refractivity contribution in [2.45, 2.75) is 20.3 Å². The Balaban J connectivity index is 1.80. The van der Waals surface area contributed by atoms with Gasteiger partial charge in [0.15, 0.2) is 0 Å². The molecule has 110 valence electrons. The summed E-state index contributed by atoms with van der Waals surface area (Å²) in [6.45, 7) is 4.68. The van der Waals surface area contributed by atoms with Gasteiger partial charge in [-0.15, -0.1) is 22.7 Å². The molecule has 0 aliphatic carbocycles. The minimum atomic E-state index is 0.590. The molecular formula is C14H16N4OS2. The van der Waals surface area contributed by atoms with E-state index in [4.69, 9.17) is 4.74 Å². The van der Waals surface area contributed by atoms with Crippen LogP contribution in [0.15, 0.2) is 11.6 Å². The van der Waals surface area contributed by atoms with Crippen LogP contribution in [0.1, 0.15) is 15.4 Å². The van der Waals surface area contributed by atoms with Gasteiger partial charge in [0.1, 0.15) is 4.83 Å². The lowest BCUT2D eigenvalue weighted by Crippen LogP contribution is -2.05. The van der Waals surface area contributed by atoms with E-state index in [-0.39, 0.29) is 0 Å². The lowest BCUT2D eigenvalue weighted by molar-refractivity contribution is 0.314. The van der Waals surface area contributed by atoms with Crippen LogP contribution in [0.5, 0.6) is 5.88 Å². The van der Waals surface area contributed by atoms with Gasteiger partial charge in [-0.1, -0.05) is 0 Å². The minimum absolute atomic E-state index is 0.590. The largest absolute Gasteiger partial charge is 0.477 e. The molecular weight excluding hydrogens is 304 g/mol. The molecule has 0 amide bonds. The first-order valence-corrected chi connectivity index (χ1v) is 8.34. The van der Waals surface area contributed by atoms with Crippen molar-refractivity contribution < 1.29 is 4.74 Å². The fraction of sp³-hybridized carbons (Fsp3) is 0.357. The molecule has 0 fully saturated rings. The molecule has 0 bridgehead atoms. The van der Waals surface area contributed by atoms with Gasteiger partial charge in [0.05, 0.1) is 23.2 Å². The van der Waals surface area contributed by atoms with E-state index in [2.05, 4.69) is 33.3 Å². The summed E-state index contributed by atoms with van der Waals surface area (Å²) in [4.78, 5) is 16.6. The molecule has 0 unspecified atom stereocenters. The summed E-state index contributed by atoms with van der Waals surface area (Å²) in [7, 11) is 1.81. The molecule has 3 rings (SSSR count). The van der Waals surface area contributed by atoms with Gasteiger partial charge < -0.3 is 10.1 Å². The van der Waals surface area contributed by atoms with Gasteiger partial charge in [0.2, 0.25) is 11.8 Å². The van der Waals surface area contributed by atoms with E-state index in [1.54, 1.807) is 22.7 Å². The maximum atomic E-state index is 5.90. The second kappa shape index (κ2) is 5.95. The van der Waals surface area contributed by atoms with Crippen LogP contribution in [0, 0.1) is 13.8 Å². The van der Waals surface area contributed by atoms with Crippen molar-refractivity contribution in [1.82, 2.24) is 15.0 Å². The Hall–Kier alpha value is -1.73. The van der Waals surface area contributed by atoms with Crippen LogP contribution in [0.25, 0.3) is 10.2 Å². The predicted octanol–water partition coefficient (Wildman–Crippen LogP) is 3.43. The summed E-state index contributed by atoms with van der Waals surface area (Å²) in [5, 5.41) is 3.96. The highest BCUT2D eigenvalue weighted by molar-refractivity contribution is 7.18. The Labute approximate surface area is 131 Å². The summed E-state index contributed by atoms with van der Waals surface area (Å²) in [6.07, 6.45) is 0.847. The van der Waals surface area contributed by atoms with Crippen molar-refractivity contribution in [2.75, 3.05) is 19.0 Å². The average molecular weight is 320 g/mol. The lowest BCUT2D eigenvalue weighted by atomic mass is 10.3. The summed E-state index contributed by atoms with van der Waals surface area (Å²) in [5.74, 6) is 1.24. The number of rotatable bonds is 5. The third kappa shape index (κ3) is 2.98. The molecule has 0 aliphatic heterocycles. The molecule has 5 nitrogen and oxygen atoms in total. The van der Waals surface area contributed by atoms with E-state index in [0.717, 1.165) is 22.3 Å². The van der Waals surface area contributed by atoms with Crippen LogP contribution in [0.3, 0.4) is 0 Å². The smallest absolute Gasteiger partial charge is 0.227 e. The lowest BCUT2D eigenvalue weighted by Gasteiger charge is -2.07. The van der Waals surface area contributed by atoms with E-state index in [1.165, 1.54) is 9.75 Å². The first kappa shape index (κ1) is 14.2. The summed E-state index contributed by atoms with van der Waals surface area (Å²) in [5.41, 5.74) is 2.95. The van der Waals surface area contributed by atoms with Gasteiger partial charge in [-0.05, 0) is 19.9 Å². The molecule has 3 aromatic rings. The monoisotopic (exact) mass is 320 g/mol. The Morgan fingerprint density at radius 2 is 2.14 bits per heavy atom. The number of nitrogens with zero attached hydrogens (tertiary/aromatic N) is 3. The number of nitrogens with one attached hydrogen (secondary N) is 1. The number of aromatic nitrogens is 3. The van der Waals surface area contributed by atoms with Crippen molar-refractivity contribution in [3.63, 3.8) is 0 Å². The van der Waals surface area contributed by atoms with Gasteiger partial charge >= 0.3 is 0 Å². The third-order valence-electron chi connectivity index (χ3n) is 3.12. The van der Waals surface area contributed by atoms with Crippen LogP contribution < -0.4 is 10.1 Å². The van der Waals surface area contributed by atoms with Crippen LogP contribution in [0.2, 0.25) is 0 Å².